The highest BCUT2D eigenvalue weighted by atomic mass is 35.5. The minimum atomic E-state index is -0.714. The predicted molar refractivity (Wildman–Crippen MR) is 42.7 cm³/mol. The number of hydrogen-bond donors (Lipinski definition) is 2. The lowest BCUT2D eigenvalue weighted by molar-refractivity contribution is 0.188. The number of aromatic nitrogens is 2. The van der Waals surface area contributed by atoms with Crippen molar-refractivity contribution < 1.29 is 5.11 Å². The summed E-state index contributed by atoms with van der Waals surface area (Å²) >= 11 is 0. The van der Waals surface area contributed by atoms with Crippen molar-refractivity contribution in [3.63, 3.8) is 0 Å². The standard InChI is InChI=1S/C6H8N2O2.ClH/c1-4(9)6-7-3-2-5(10)8-6;/h2-4,9H,1H3,(H,7,8,10);1H/t4-;/m1./s1. The van der Waals surface area contributed by atoms with E-state index in [9.17, 15) is 4.79 Å². The van der Waals surface area contributed by atoms with Gasteiger partial charge in [0.1, 0.15) is 11.9 Å². The number of nitrogens with zero attached hydrogens (tertiary/aromatic N) is 1. The van der Waals surface area contributed by atoms with Crippen molar-refractivity contribution in [3.8, 4) is 0 Å². The summed E-state index contributed by atoms with van der Waals surface area (Å²) in [6.07, 6.45) is 0.648. The molecule has 1 rings (SSSR count). The van der Waals surface area contributed by atoms with Crippen LogP contribution in [0.15, 0.2) is 17.1 Å². The van der Waals surface area contributed by atoms with Gasteiger partial charge in [0.25, 0.3) is 5.56 Å². The third-order valence-corrected chi connectivity index (χ3v) is 1.09. The van der Waals surface area contributed by atoms with Crippen molar-refractivity contribution >= 4 is 12.4 Å². The van der Waals surface area contributed by atoms with Crippen LogP contribution in [0, 0.1) is 0 Å². The van der Waals surface area contributed by atoms with E-state index >= 15 is 0 Å². The maximum atomic E-state index is 10.6. The first-order valence-corrected chi connectivity index (χ1v) is 2.93. The van der Waals surface area contributed by atoms with Gasteiger partial charge in [-0.05, 0) is 6.92 Å². The summed E-state index contributed by atoms with van der Waals surface area (Å²) in [4.78, 5) is 16.7. The van der Waals surface area contributed by atoms with Crippen molar-refractivity contribution in [2.45, 2.75) is 13.0 Å². The van der Waals surface area contributed by atoms with E-state index < -0.39 is 6.10 Å². The molecule has 5 heteroatoms. The molecule has 11 heavy (non-hydrogen) atoms. The fraction of sp³-hybridized carbons (Fsp3) is 0.333. The number of halogens is 1. The molecular weight excluding hydrogens is 168 g/mol. The Morgan fingerprint density at radius 2 is 2.36 bits per heavy atom. The van der Waals surface area contributed by atoms with Crippen LogP contribution in [-0.2, 0) is 0 Å². The molecule has 1 aromatic heterocycles. The smallest absolute Gasteiger partial charge is 0.250 e. The van der Waals surface area contributed by atoms with Crippen LogP contribution in [0.3, 0.4) is 0 Å². The summed E-state index contributed by atoms with van der Waals surface area (Å²) in [7, 11) is 0. The quantitative estimate of drug-likeness (QED) is 0.645. The van der Waals surface area contributed by atoms with Gasteiger partial charge in [-0.15, -0.1) is 12.4 Å². The number of nitrogens with one attached hydrogen (secondary N) is 1. The molecule has 0 amide bonds. The van der Waals surface area contributed by atoms with Gasteiger partial charge < -0.3 is 10.1 Å². The van der Waals surface area contributed by atoms with E-state index in [-0.39, 0.29) is 18.0 Å². The van der Waals surface area contributed by atoms with Crippen LogP contribution in [0.1, 0.15) is 18.9 Å². The average Bonchev–Trinajstić information content (AvgIpc) is 1.88. The topological polar surface area (TPSA) is 66.0 Å². The minimum absolute atomic E-state index is 0. The summed E-state index contributed by atoms with van der Waals surface area (Å²) in [5.41, 5.74) is -0.245. The molecular formula is C6H9ClN2O2. The Morgan fingerprint density at radius 3 is 2.73 bits per heavy atom. The molecule has 62 valence electrons. The zero-order valence-corrected chi connectivity index (χ0v) is 6.76. The molecule has 0 bridgehead atoms. The van der Waals surface area contributed by atoms with Crippen molar-refractivity contribution in [2.75, 3.05) is 0 Å². The molecule has 0 aliphatic heterocycles. The predicted octanol–water partition coefficient (Wildman–Crippen LogP) is 0.245. The van der Waals surface area contributed by atoms with Crippen LogP contribution in [0.4, 0.5) is 0 Å². The van der Waals surface area contributed by atoms with Gasteiger partial charge in [-0.1, -0.05) is 0 Å². The highest BCUT2D eigenvalue weighted by molar-refractivity contribution is 5.85. The van der Waals surface area contributed by atoms with Gasteiger partial charge in [-0.3, -0.25) is 4.79 Å². The second kappa shape index (κ2) is 4.10. The van der Waals surface area contributed by atoms with E-state index in [2.05, 4.69) is 9.97 Å². The first kappa shape index (κ1) is 10.1. The van der Waals surface area contributed by atoms with Crippen LogP contribution in [0.2, 0.25) is 0 Å². The summed E-state index contributed by atoms with van der Waals surface area (Å²) in [6.45, 7) is 1.54. The lowest BCUT2D eigenvalue weighted by Gasteiger charge is -1.99. The monoisotopic (exact) mass is 176 g/mol. The molecule has 0 unspecified atom stereocenters. The van der Waals surface area contributed by atoms with E-state index in [1.54, 1.807) is 0 Å². The highest BCUT2D eigenvalue weighted by Crippen LogP contribution is 1.99. The molecule has 1 heterocycles. The van der Waals surface area contributed by atoms with E-state index in [0.717, 1.165) is 0 Å². The van der Waals surface area contributed by atoms with Crippen LogP contribution >= 0.6 is 12.4 Å². The summed E-state index contributed by atoms with van der Waals surface area (Å²) in [5.74, 6) is 0.299. The number of aliphatic hydroxyl groups is 1. The average molecular weight is 177 g/mol. The van der Waals surface area contributed by atoms with Gasteiger partial charge in [0.05, 0.1) is 0 Å². The zero-order chi connectivity index (χ0) is 7.56. The van der Waals surface area contributed by atoms with Crippen LogP contribution in [0.5, 0.6) is 0 Å². The minimum Gasteiger partial charge on any atom is -0.385 e. The molecule has 0 saturated heterocycles. The van der Waals surface area contributed by atoms with Crippen molar-refractivity contribution in [2.24, 2.45) is 0 Å². The Bertz CT molecular complexity index is 271. The molecule has 2 N–H and O–H groups in total. The lowest BCUT2D eigenvalue weighted by Crippen LogP contribution is -2.10. The van der Waals surface area contributed by atoms with E-state index in [4.69, 9.17) is 5.11 Å². The molecule has 0 saturated carbocycles. The summed E-state index contributed by atoms with van der Waals surface area (Å²) in [5, 5.41) is 8.92. The van der Waals surface area contributed by atoms with Gasteiger partial charge in [-0.25, -0.2) is 4.98 Å². The normalized spacial score (nSPS) is 11.8. The molecule has 0 aliphatic rings. The highest BCUT2D eigenvalue weighted by Gasteiger charge is 2.00. The van der Waals surface area contributed by atoms with Gasteiger partial charge in [0, 0.05) is 12.3 Å². The van der Waals surface area contributed by atoms with E-state index in [1.807, 2.05) is 0 Å². The largest absolute Gasteiger partial charge is 0.385 e. The Hall–Kier alpha value is -0.870. The van der Waals surface area contributed by atoms with E-state index in [0.29, 0.717) is 5.82 Å². The molecule has 0 fully saturated rings. The third kappa shape index (κ3) is 2.69. The third-order valence-electron chi connectivity index (χ3n) is 1.09. The number of aliphatic hydroxyl groups excluding tert-OH is 1. The maximum absolute atomic E-state index is 10.6. The number of H-pyrrole nitrogens is 1. The Kier molecular flexibility index (Phi) is 3.78. The molecule has 1 aromatic rings. The number of hydrogen-bond acceptors (Lipinski definition) is 3. The van der Waals surface area contributed by atoms with Gasteiger partial charge in [0.15, 0.2) is 0 Å². The SMILES string of the molecule is C[C@@H](O)c1nccc(=O)[nH]1.Cl. The fourth-order valence-corrected chi connectivity index (χ4v) is 0.598. The summed E-state index contributed by atoms with van der Waals surface area (Å²) in [6, 6.07) is 1.30. The molecule has 1 atom stereocenters. The van der Waals surface area contributed by atoms with Crippen molar-refractivity contribution in [1.29, 1.82) is 0 Å². The Morgan fingerprint density at radius 1 is 1.73 bits per heavy atom. The Balaban J connectivity index is 0.000001000. The molecule has 0 aromatic carbocycles. The fourth-order valence-electron chi connectivity index (χ4n) is 0.598. The second-order valence-corrected chi connectivity index (χ2v) is 2.00. The molecule has 4 nitrogen and oxygen atoms in total. The number of aromatic amines is 1. The molecule has 0 aliphatic carbocycles. The van der Waals surface area contributed by atoms with Crippen molar-refractivity contribution in [3.05, 3.63) is 28.4 Å². The van der Waals surface area contributed by atoms with Gasteiger partial charge in [-0.2, -0.15) is 0 Å². The molecule has 0 radical (unpaired) electrons. The van der Waals surface area contributed by atoms with E-state index in [1.165, 1.54) is 19.2 Å². The Labute approximate surface area is 69.7 Å². The maximum Gasteiger partial charge on any atom is 0.250 e. The summed E-state index contributed by atoms with van der Waals surface area (Å²) < 4.78 is 0. The second-order valence-electron chi connectivity index (χ2n) is 2.00. The van der Waals surface area contributed by atoms with Crippen LogP contribution < -0.4 is 5.56 Å². The first-order valence-electron chi connectivity index (χ1n) is 2.93. The first-order chi connectivity index (χ1) is 4.70. The lowest BCUT2D eigenvalue weighted by atomic mass is 10.4. The van der Waals surface area contributed by atoms with Crippen LogP contribution in [0.25, 0.3) is 0 Å². The van der Waals surface area contributed by atoms with Crippen molar-refractivity contribution in [1.82, 2.24) is 9.97 Å². The van der Waals surface area contributed by atoms with Crippen LogP contribution in [-0.4, -0.2) is 15.1 Å². The van der Waals surface area contributed by atoms with Gasteiger partial charge >= 0.3 is 0 Å². The molecule has 0 spiro atoms. The van der Waals surface area contributed by atoms with Gasteiger partial charge in [0.2, 0.25) is 0 Å². The number of rotatable bonds is 1. The zero-order valence-electron chi connectivity index (χ0n) is 5.94.